The standard InChI is InChI=1S/C16H10BrIN2O/c17-14-5-3-11(18)9-13(14)16(21)20-12-4-6-15-10(8-12)2-1-7-19-15/h1-9H,(H,20,21). The number of rotatable bonds is 2. The van der Waals surface area contributed by atoms with E-state index in [4.69, 9.17) is 0 Å². The summed E-state index contributed by atoms with van der Waals surface area (Å²) in [5, 5.41) is 3.92. The number of nitrogens with one attached hydrogen (secondary N) is 1. The van der Waals surface area contributed by atoms with Crippen LogP contribution in [0.2, 0.25) is 0 Å². The first-order valence-electron chi connectivity index (χ1n) is 6.25. The third-order valence-corrected chi connectivity index (χ3v) is 4.40. The summed E-state index contributed by atoms with van der Waals surface area (Å²) in [7, 11) is 0. The van der Waals surface area contributed by atoms with Crippen molar-refractivity contribution in [3.8, 4) is 0 Å². The van der Waals surface area contributed by atoms with Crippen molar-refractivity contribution in [1.29, 1.82) is 0 Å². The van der Waals surface area contributed by atoms with Crippen molar-refractivity contribution >= 4 is 61.0 Å². The summed E-state index contributed by atoms with van der Waals surface area (Å²) in [6.07, 6.45) is 1.75. The molecule has 0 bridgehead atoms. The smallest absolute Gasteiger partial charge is 0.256 e. The number of anilines is 1. The monoisotopic (exact) mass is 452 g/mol. The quantitative estimate of drug-likeness (QED) is 0.564. The number of hydrogen-bond acceptors (Lipinski definition) is 2. The van der Waals surface area contributed by atoms with Crippen LogP contribution >= 0.6 is 38.5 Å². The zero-order valence-electron chi connectivity index (χ0n) is 10.8. The molecule has 0 atom stereocenters. The second-order valence-electron chi connectivity index (χ2n) is 4.49. The molecule has 5 heteroatoms. The van der Waals surface area contributed by atoms with Gasteiger partial charge in [0.2, 0.25) is 0 Å². The zero-order valence-corrected chi connectivity index (χ0v) is 14.6. The van der Waals surface area contributed by atoms with Crippen LogP contribution in [0.4, 0.5) is 5.69 Å². The molecule has 0 aliphatic rings. The van der Waals surface area contributed by atoms with Gasteiger partial charge in [-0.05, 0) is 81.0 Å². The molecule has 0 aliphatic heterocycles. The Morgan fingerprint density at radius 1 is 1.14 bits per heavy atom. The van der Waals surface area contributed by atoms with E-state index in [1.54, 1.807) is 6.20 Å². The lowest BCUT2D eigenvalue weighted by Crippen LogP contribution is -2.12. The molecule has 0 saturated carbocycles. The Labute approximate surface area is 144 Å². The summed E-state index contributed by atoms with van der Waals surface area (Å²) < 4.78 is 1.80. The highest BCUT2D eigenvalue weighted by atomic mass is 127. The predicted octanol–water partition coefficient (Wildman–Crippen LogP) is 4.85. The predicted molar refractivity (Wildman–Crippen MR) is 96.6 cm³/mol. The first kappa shape index (κ1) is 14.5. The number of carbonyl (C=O) groups excluding carboxylic acids is 1. The fourth-order valence-corrected chi connectivity index (χ4v) is 2.94. The van der Waals surface area contributed by atoms with Crippen LogP contribution in [-0.2, 0) is 0 Å². The Balaban J connectivity index is 1.90. The Hall–Kier alpha value is -1.47. The van der Waals surface area contributed by atoms with Gasteiger partial charge in [-0.25, -0.2) is 0 Å². The highest BCUT2D eigenvalue weighted by Crippen LogP contribution is 2.22. The molecular formula is C16H10BrIN2O. The molecule has 21 heavy (non-hydrogen) atoms. The van der Waals surface area contributed by atoms with Crippen LogP contribution in [-0.4, -0.2) is 10.9 Å². The van der Waals surface area contributed by atoms with Gasteiger partial charge >= 0.3 is 0 Å². The molecule has 1 amide bonds. The van der Waals surface area contributed by atoms with E-state index in [9.17, 15) is 4.79 Å². The molecule has 0 saturated heterocycles. The number of hydrogen-bond donors (Lipinski definition) is 1. The highest BCUT2D eigenvalue weighted by molar-refractivity contribution is 14.1. The Morgan fingerprint density at radius 2 is 2.00 bits per heavy atom. The fraction of sp³-hybridized carbons (Fsp3) is 0. The molecule has 0 unspecified atom stereocenters. The third-order valence-electron chi connectivity index (χ3n) is 3.03. The van der Waals surface area contributed by atoms with Crippen LogP contribution in [0.1, 0.15) is 10.4 Å². The normalized spacial score (nSPS) is 10.6. The average Bonchev–Trinajstić information content (AvgIpc) is 2.49. The number of aromatic nitrogens is 1. The van der Waals surface area contributed by atoms with Crippen molar-refractivity contribution in [1.82, 2.24) is 4.98 Å². The lowest BCUT2D eigenvalue weighted by molar-refractivity contribution is 0.102. The van der Waals surface area contributed by atoms with Gasteiger partial charge in [-0.15, -0.1) is 0 Å². The van der Waals surface area contributed by atoms with E-state index >= 15 is 0 Å². The lowest BCUT2D eigenvalue weighted by Gasteiger charge is -2.08. The summed E-state index contributed by atoms with van der Waals surface area (Å²) in [4.78, 5) is 16.6. The zero-order chi connectivity index (χ0) is 14.8. The second-order valence-corrected chi connectivity index (χ2v) is 6.59. The van der Waals surface area contributed by atoms with Crippen LogP contribution in [0.15, 0.2) is 59.2 Å². The summed E-state index contributed by atoms with van der Waals surface area (Å²) in [5.74, 6) is -0.136. The maximum absolute atomic E-state index is 12.4. The van der Waals surface area contributed by atoms with E-state index in [1.165, 1.54) is 0 Å². The molecule has 1 aromatic heterocycles. The van der Waals surface area contributed by atoms with Crippen molar-refractivity contribution in [2.75, 3.05) is 5.32 Å². The maximum Gasteiger partial charge on any atom is 0.256 e. The molecule has 3 aromatic rings. The number of nitrogens with zero attached hydrogens (tertiary/aromatic N) is 1. The molecule has 1 heterocycles. The van der Waals surface area contributed by atoms with E-state index in [2.05, 4.69) is 48.8 Å². The molecule has 0 spiro atoms. The summed E-state index contributed by atoms with van der Waals surface area (Å²) in [5.41, 5.74) is 2.28. The van der Waals surface area contributed by atoms with Gasteiger partial charge in [-0.3, -0.25) is 9.78 Å². The number of fused-ring (bicyclic) bond motifs is 1. The van der Waals surface area contributed by atoms with Crippen molar-refractivity contribution in [2.45, 2.75) is 0 Å². The van der Waals surface area contributed by atoms with E-state index in [0.717, 1.165) is 24.6 Å². The Bertz CT molecular complexity index is 835. The van der Waals surface area contributed by atoms with Crippen molar-refractivity contribution in [2.24, 2.45) is 0 Å². The van der Waals surface area contributed by atoms with E-state index in [0.29, 0.717) is 5.56 Å². The highest BCUT2D eigenvalue weighted by Gasteiger charge is 2.11. The molecule has 0 aliphatic carbocycles. The van der Waals surface area contributed by atoms with Crippen LogP contribution in [0.3, 0.4) is 0 Å². The van der Waals surface area contributed by atoms with Crippen molar-refractivity contribution < 1.29 is 4.79 Å². The summed E-state index contributed by atoms with van der Waals surface area (Å²) in [6, 6.07) is 15.2. The summed E-state index contributed by atoms with van der Waals surface area (Å²) >= 11 is 5.60. The van der Waals surface area contributed by atoms with E-state index in [1.807, 2.05) is 48.5 Å². The second kappa shape index (κ2) is 6.11. The number of benzene rings is 2. The molecule has 3 nitrogen and oxygen atoms in total. The number of pyridine rings is 1. The maximum atomic E-state index is 12.4. The van der Waals surface area contributed by atoms with Gasteiger partial charge < -0.3 is 5.32 Å². The van der Waals surface area contributed by atoms with Crippen molar-refractivity contribution in [3.63, 3.8) is 0 Å². The van der Waals surface area contributed by atoms with Crippen molar-refractivity contribution in [3.05, 3.63) is 68.3 Å². The van der Waals surface area contributed by atoms with Gasteiger partial charge in [0.1, 0.15) is 0 Å². The molecular weight excluding hydrogens is 443 g/mol. The van der Waals surface area contributed by atoms with Crippen LogP contribution < -0.4 is 5.32 Å². The minimum absolute atomic E-state index is 0.136. The Kier molecular flexibility index (Phi) is 4.21. The van der Waals surface area contributed by atoms with Gasteiger partial charge in [0.15, 0.2) is 0 Å². The number of halogens is 2. The van der Waals surface area contributed by atoms with Crippen LogP contribution in [0.25, 0.3) is 10.9 Å². The molecule has 0 radical (unpaired) electrons. The average molecular weight is 453 g/mol. The first-order valence-corrected chi connectivity index (χ1v) is 8.12. The molecule has 3 rings (SSSR count). The molecule has 1 N–H and O–H groups in total. The first-order chi connectivity index (χ1) is 10.1. The van der Waals surface area contributed by atoms with Gasteiger partial charge in [0.25, 0.3) is 5.91 Å². The number of carbonyl (C=O) groups is 1. The van der Waals surface area contributed by atoms with E-state index in [-0.39, 0.29) is 5.91 Å². The largest absolute Gasteiger partial charge is 0.322 e. The molecule has 0 fully saturated rings. The van der Waals surface area contributed by atoms with Gasteiger partial charge in [-0.2, -0.15) is 0 Å². The van der Waals surface area contributed by atoms with Crippen LogP contribution in [0.5, 0.6) is 0 Å². The van der Waals surface area contributed by atoms with Gasteiger partial charge in [0, 0.05) is 25.3 Å². The molecule has 2 aromatic carbocycles. The number of amides is 1. The third kappa shape index (κ3) is 3.24. The summed E-state index contributed by atoms with van der Waals surface area (Å²) in [6.45, 7) is 0. The lowest BCUT2D eigenvalue weighted by atomic mass is 10.1. The fourth-order valence-electron chi connectivity index (χ4n) is 2.02. The minimum Gasteiger partial charge on any atom is -0.322 e. The topological polar surface area (TPSA) is 42.0 Å². The van der Waals surface area contributed by atoms with Crippen LogP contribution in [0, 0.1) is 3.57 Å². The van der Waals surface area contributed by atoms with Gasteiger partial charge in [-0.1, -0.05) is 6.07 Å². The molecule has 104 valence electrons. The van der Waals surface area contributed by atoms with E-state index < -0.39 is 0 Å². The SMILES string of the molecule is O=C(Nc1ccc2ncccc2c1)c1cc(I)ccc1Br. The Morgan fingerprint density at radius 3 is 2.86 bits per heavy atom. The van der Waals surface area contributed by atoms with Gasteiger partial charge in [0.05, 0.1) is 11.1 Å². The minimum atomic E-state index is -0.136.